The Morgan fingerprint density at radius 1 is 1.41 bits per heavy atom. The second-order valence-electron chi connectivity index (χ2n) is 6.56. The predicted octanol–water partition coefficient (Wildman–Crippen LogP) is 0.304. The Morgan fingerprint density at radius 2 is 2.00 bits per heavy atom. The monoisotopic (exact) mass is 315 g/mol. The molecule has 22 heavy (non-hydrogen) atoms. The highest BCUT2D eigenvalue weighted by atomic mass is 16.6. The van der Waals surface area contributed by atoms with Gasteiger partial charge in [0.15, 0.2) is 5.54 Å². The molecule has 1 aliphatic heterocycles. The molecule has 2 atom stereocenters. The summed E-state index contributed by atoms with van der Waals surface area (Å²) < 4.78 is 5.12. The largest absolute Gasteiger partial charge is 0.479 e. The van der Waals surface area contributed by atoms with Crippen molar-refractivity contribution in [3.63, 3.8) is 0 Å². The molecule has 0 saturated carbocycles. The Labute approximate surface area is 130 Å². The molecule has 4 N–H and O–H groups in total. The van der Waals surface area contributed by atoms with Crippen LogP contribution in [0.2, 0.25) is 0 Å². The fourth-order valence-corrected chi connectivity index (χ4v) is 2.57. The van der Waals surface area contributed by atoms with Gasteiger partial charge in [0.1, 0.15) is 5.60 Å². The van der Waals surface area contributed by atoms with E-state index in [-0.39, 0.29) is 13.0 Å². The topological polar surface area (TPSA) is 122 Å². The zero-order valence-electron chi connectivity index (χ0n) is 13.5. The molecule has 2 amide bonds. The van der Waals surface area contributed by atoms with Gasteiger partial charge in [-0.15, -0.1) is 0 Å². The van der Waals surface area contributed by atoms with E-state index in [1.807, 2.05) is 0 Å². The minimum atomic E-state index is -1.47. The van der Waals surface area contributed by atoms with E-state index in [2.05, 4.69) is 5.32 Å². The van der Waals surface area contributed by atoms with E-state index in [0.29, 0.717) is 13.0 Å². The molecule has 1 fully saturated rings. The first-order chi connectivity index (χ1) is 10.0. The number of hydrogen-bond acceptors (Lipinski definition) is 5. The second kappa shape index (κ2) is 6.51. The van der Waals surface area contributed by atoms with E-state index in [1.54, 1.807) is 32.6 Å². The van der Waals surface area contributed by atoms with Crippen LogP contribution in [0, 0.1) is 0 Å². The number of likely N-dealkylation sites (tertiary alicyclic amines) is 1. The number of carbonyl (C=O) groups is 3. The molecule has 1 heterocycles. The molecule has 1 rings (SSSR count). The summed E-state index contributed by atoms with van der Waals surface area (Å²) in [6.07, 6.45) is -0.119. The highest BCUT2D eigenvalue weighted by Gasteiger charge is 2.48. The van der Waals surface area contributed by atoms with Crippen LogP contribution in [-0.4, -0.2) is 58.2 Å². The number of aliphatic carboxylic acids is 1. The van der Waals surface area contributed by atoms with E-state index in [1.165, 1.54) is 0 Å². The summed E-state index contributed by atoms with van der Waals surface area (Å²) in [6.45, 7) is 7.27. The highest BCUT2D eigenvalue weighted by Crippen LogP contribution is 2.25. The molecule has 0 aromatic carbocycles. The summed E-state index contributed by atoms with van der Waals surface area (Å²) in [5.41, 5.74) is 3.15. The number of amides is 2. The van der Waals surface area contributed by atoms with Crippen molar-refractivity contribution in [3.05, 3.63) is 0 Å². The minimum absolute atomic E-state index is 0.0169. The number of carboxylic acid groups (broad SMARTS) is 1. The van der Waals surface area contributed by atoms with E-state index >= 15 is 0 Å². The quantitative estimate of drug-likeness (QED) is 0.671. The second-order valence-corrected chi connectivity index (χ2v) is 6.56. The van der Waals surface area contributed by atoms with E-state index in [4.69, 9.17) is 10.5 Å². The number of ether oxygens (including phenoxy) is 1. The first-order valence-corrected chi connectivity index (χ1v) is 7.28. The smallest absolute Gasteiger partial charge is 0.408 e. The molecule has 1 aliphatic rings. The molecule has 0 bridgehead atoms. The maximum Gasteiger partial charge on any atom is 0.408 e. The molecule has 8 nitrogen and oxygen atoms in total. The van der Waals surface area contributed by atoms with Gasteiger partial charge in [0, 0.05) is 13.1 Å². The van der Waals surface area contributed by atoms with Gasteiger partial charge in [-0.3, -0.25) is 9.69 Å². The van der Waals surface area contributed by atoms with Crippen molar-refractivity contribution in [1.29, 1.82) is 0 Å². The number of nitrogens with one attached hydrogen (secondary N) is 1. The predicted molar refractivity (Wildman–Crippen MR) is 79.2 cm³/mol. The Balaban J connectivity index is 2.85. The molecular weight excluding hydrogens is 290 g/mol. The van der Waals surface area contributed by atoms with E-state index < -0.39 is 35.2 Å². The van der Waals surface area contributed by atoms with Gasteiger partial charge in [-0.05, 0) is 33.6 Å². The number of rotatable bonds is 5. The molecule has 1 saturated heterocycles. The van der Waals surface area contributed by atoms with Gasteiger partial charge in [-0.25, -0.2) is 9.59 Å². The van der Waals surface area contributed by atoms with Crippen molar-refractivity contribution in [2.45, 2.75) is 57.7 Å². The maximum atomic E-state index is 11.9. The van der Waals surface area contributed by atoms with Gasteiger partial charge in [0.2, 0.25) is 5.91 Å². The minimum Gasteiger partial charge on any atom is -0.479 e. The normalized spacial score (nSPS) is 23.8. The lowest BCUT2D eigenvalue weighted by Gasteiger charge is -2.29. The number of primary amides is 1. The first kappa shape index (κ1) is 18.2. The van der Waals surface area contributed by atoms with Crippen LogP contribution in [0.5, 0.6) is 0 Å². The lowest BCUT2D eigenvalue weighted by molar-refractivity contribution is -0.144. The summed E-state index contributed by atoms with van der Waals surface area (Å²) in [5, 5.41) is 12.0. The Kier molecular flexibility index (Phi) is 5.39. The fraction of sp³-hybridized carbons (Fsp3) is 0.786. The van der Waals surface area contributed by atoms with Crippen molar-refractivity contribution in [2.75, 3.05) is 13.1 Å². The van der Waals surface area contributed by atoms with Crippen LogP contribution in [0.15, 0.2) is 0 Å². The van der Waals surface area contributed by atoms with Gasteiger partial charge < -0.3 is 20.9 Å². The summed E-state index contributed by atoms with van der Waals surface area (Å²) in [7, 11) is 0. The van der Waals surface area contributed by atoms with E-state index in [0.717, 1.165) is 0 Å². The Hall–Kier alpha value is -1.83. The van der Waals surface area contributed by atoms with Crippen LogP contribution >= 0.6 is 0 Å². The van der Waals surface area contributed by atoms with Gasteiger partial charge in [0.05, 0.1) is 6.04 Å². The van der Waals surface area contributed by atoms with Crippen molar-refractivity contribution >= 4 is 18.0 Å². The van der Waals surface area contributed by atoms with E-state index in [9.17, 15) is 19.5 Å². The lowest BCUT2D eigenvalue weighted by Crippen LogP contribution is -2.58. The number of nitrogens with zero attached hydrogens (tertiary/aromatic N) is 1. The van der Waals surface area contributed by atoms with Crippen LogP contribution in [0.25, 0.3) is 0 Å². The SMILES string of the molecule is CCC(C(N)=O)N1CCC(NC(=O)OC(C)(C)C)(C(=O)O)C1. The van der Waals surface area contributed by atoms with Crippen LogP contribution in [0.1, 0.15) is 40.5 Å². The Morgan fingerprint density at radius 3 is 2.41 bits per heavy atom. The summed E-state index contributed by atoms with van der Waals surface area (Å²) in [5.74, 6) is -1.65. The third-order valence-electron chi connectivity index (χ3n) is 3.60. The van der Waals surface area contributed by atoms with Crippen LogP contribution in [0.4, 0.5) is 4.79 Å². The zero-order valence-corrected chi connectivity index (χ0v) is 13.5. The summed E-state index contributed by atoms with van der Waals surface area (Å²) >= 11 is 0. The zero-order chi connectivity index (χ0) is 17.1. The van der Waals surface area contributed by atoms with Gasteiger partial charge in [-0.1, -0.05) is 6.92 Å². The van der Waals surface area contributed by atoms with Crippen molar-refractivity contribution in [2.24, 2.45) is 5.73 Å². The third kappa shape index (κ3) is 4.33. The molecule has 0 aromatic heterocycles. The molecule has 0 aliphatic carbocycles. The average Bonchev–Trinajstić information content (AvgIpc) is 2.72. The number of hydrogen-bond donors (Lipinski definition) is 3. The molecular formula is C14H25N3O5. The number of alkyl carbamates (subject to hydrolysis) is 1. The van der Waals surface area contributed by atoms with Gasteiger partial charge >= 0.3 is 12.1 Å². The maximum absolute atomic E-state index is 11.9. The fourth-order valence-electron chi connectivity index (χ4n) is 2.57. The average molecular weight is 315 g/mol. The van der Waals surface area contributed by atoms with Crippen LogP contribution < -0.4 is 11.1 Å². The van der Waals surface area contributed by atoms with Crippen LogP contribution in [-0.2, 0) is 14.3 Å². The highest BCUT2D eigenvalue weighted by molar-refractivity contribution is 5.86. The third-order valence-corrected chi connectivity index (χ3v) is 3.60. The molecule has 126 valence electrons. The van der Waals surface area contributed by atoms with Crippen molar-refractivity contribution < 1.29 is 24.2 Å². The molecule has 0 radical (unpaired) electrons. The molecule has 0 aromatic rings. The number of carbonyl (C=O) groups excluding carboxylic acids is 2. The van der Waals surface area contributed by atoms with Crippen molar-refractivity contribution in [3.8, 4) is 0 Å². The first-order valence-electron chi connectivity index (χ1n) is 7.28. The number of carboxylic acids is 1. The summed E-state index contributed by atoms with van der Waals surface area (Å²) in [4.78, 5) is 36.7. The lowest BCUT2D eigenvalue weighted by atomic mass is 9.99. The molecule has 8 heteroatoms. The van der Waals surface area contributed by atoms with Crippen LogP contribution in [0.3, 0.4) is 0 Å². The Bertz CT molecular complexity index is 460. The molecule has 0 spiro atoms. The standard InChI is InChI=1S/C14H25N3O5/c1-5-9(10(15)18)17-7-6-14(8-17,11(19)20)16-12(21)22-13(2,3)4/h9H,5-8H2,1-4H3,(H2,15,18)(H,16,21)(H,19,20). The van der Waals surface area contributed by atoms with Crippen molar-refractivity contribution in [1.82, 2.24) is 10.2 Å². The number of nitrogens with two attached hydrogens (primary N) is 1. The summed E-state index contributed by atoms with van der Waals surface area (Å²) in [6, 6.07) is -0.540. The van der Waals surface area contributed by atoms with Gasteiger partial charge in [0.25, 0.3) is 0 Å². The molecule has 2 unspecified atom stereocenters. The van der Waals surface area contributed by atoms with Gasteiger partial charge in [-0.2, -0.15) is 0 Å².